The molecule has 4 bridgehead atoms. The lowest BCUT2D eigenvalue weighted by molar-refractivity contribution is -0.118. The van der Waals surface area contributed by atoms with Crippen molar-refractivity contribution in [3.63, 3.8) is 0 Å². The van der Waals surface area contributed by atoms with Crippen LogP contribution in [0.4, 0.5) is 0 Å². The van der Waals surface area contributed by atoms with Crippen LogP contribution in [0.3, 0.4) is 0 Å². The van der Waals surface area contributed by atoms with Crippen molar-refractivity contribution >= 4 is 27.5 Å². The van der Waals surface area contributed by atoms with Crippen LogP contribution in [-0.4, -0.2) is 65.1 Å². The topological polar surface area (TPSA) is 103 Å². The first-order chi connectivity index (χ1) is 19.8. The van der Waals surface area contributed by atoms with Gasteiger partial charge in [-0.05, 0) is 91.7 Å². The fourth-order valence-corrected chi connectivity index (χ4v) is 9.49. The summed E-state index contributed by atoms with van der Waals surface area (Å²) in [6.07, 6.45) is 10.6. The second kappa shape index (κ2) is 12.3. The van der Waals surface area contributed by atoms with Gasteiger partial charge in [-0.15, -0.1) is 0 Å². The summed E-state index contributed by atoms with van der Waals surface area (Å²) in [5, 5.41) is 10.3. The van der Waals surface area contributed by atoms with Crippen LogP contribution in [0.1, 0.15) is 56.1 Å². The van der Waals surface area contributed by atoms with Crippen LogP contribution < -0.4 is 10.6 Å². The third kappa shape index (κ3) is 6.87. The van der Waals surface area contributed by atoms with Crippen molar-refractivity contribution in [2.75, 3.05) is 39.3 Å². The summed E-state index contributed by atoms with van der Waals surface area (Å²) in [5.41, 5.74) is 8.97. The minimum atomic E-state index is -0.248. The van der Waals surface area contributed by atoms with Crippen molar-refractivity contribution in [1.82, 2.24) is 14.8 Å². The minimum absolute atomic E-state index is 0.128. The molecule has 0 radical (unpaired) electrons. The summed E-state index contributed by atoms with van der Waals surface area (Å²) in [6, 6.07) is 14.2. The second-order valence-corrected chi connectivity index (χ2v) is 14.2. The number of phenolic OH excluding ortho intramolecular Hbond substituents is 1. The number of thiazole rings is 1. The van der Waals surface area contributed by atoms with E-state index in [1.165, 1.54) is 55.4 Å². The Hall–Kier alpha value is -2.68. The molecule has 4 fully saturated rings. The molecule has 0 aliphatic heterocycles. The van der Waals surface area contributed by atoms with Crippen molar-refractivity contribution in [2.24, 2.45) is 28.9 Å². The molecule has 1 heterocycles. The molecule has 41 heavy (non-hydrogen) atoms. The SMILES string of the molecule is NC(=O)CCN(CCc1ccccc1)CCN(CCc1ccc(O)c2[nH]c(=O)sc12)CC12CC3CC(CC(C3)C1)C2. The number of carbonyl (C=O) groups is 1. The number of hydrogen-bond donors (Lipinski definition) is 3. The molecule has 4 saturated carbocycles. The standard InChI is InChI=1S/C33H44N4O3S/c34-29(39)10-13-36(11-8-23-4-2-1-3-5-23)14-15-37(22-33-19-24-16-25(20-33)18-26(17-24)21-33)12-9-27-6-7-28(38)30-31(27)41-32(40)35-30/h1-7,24-26,38H,8-22H2,(H2,34,39)(H,35,40). The van der Waals surface area contributed by atoms with E-state index in [4.69, 9.17) is 5.73 Å². The van der Waals surface area contributed by atoms with Gasteiger partial charge in [-0.25, -0.2) is 0 Å². The van der Waals surface area contributed by atoms with Gasteiger partial charge in [-0.2, -0.15) is 0 Å². The highest BCUT2D eigenvalue weighted by molar-refractivity contribution is 7.16. The number of rotatable bonds is 14. The molecule has 8 heteroatoms. The Balaban J connectivity index is 1.17. The summed E-state index contributed by atoms with van der Waals surface area (Å²) in [6.45, 7) is 5.47. The number of aromatic hydroxyl groups is 1. The van der Waals surface area contributed by atoms with E-state index in [-0.39, 0.29) is 16.5 Å². The van der Waals surface area contributed by atoms with Gasteiger partial charge in [-0.1, -0.05) is 47.7 Å². The number of nitrogens with two attached hydrogens (primary N) is 1. The quantitative estimate of drug-likeness (QED) is 0.256. The number of carbonyl (C=O) groups excluding carboxylic acids is 1. The molecule has 0 atom stereocenters. The van der Waals surface area contributed by atoms with Crippen LogP contribution in [0.5, 0.6) is 5.75 Å². The summed E-state index contributed by atoms with van der Waals surface area (Å²) < 4.78 is 0.871. The maximum Gasteiger partial charge on any atom is 0.305 e. The average molecular weight is 577 g/mol. The molecule has 0 unspecified atom stereocenters. The molecule has 7 nitrogen and oxygen atoms in total. The Morgan fingerprint density at radius 2 is 1.56 bits per heavy atom. The van der Waals surface area contributed by atoms with Crippen LogP contribution in [0.15, 0.2) is 47.3 Å². The second-order valence-electron chi connectivity index (χ2n) is 13.2. The first-order valence-corrected chi connectivity index (χ1v) is 16.3. The molecule has 0 spiro atoms. The van der Waals surface area contributed by atoms with Gasteiger partial charge in [-0.3, -0.25) is 9.59 Å². The van der Waals surface area contributed by atoms with Crippen LogP contribution in [0, 0.1) is 23.2 Å². The molecule has 4 aliphatic rings. The molecule has 0 saturated heterocycles. The molecular weight excluding hydrogens is 532 g/mol. The Bertz CT molecular complexity index is 1370. The Kier molecular flexibility index (Phi) is 8.52. The number of benzene rings is 2. The van der Waals surface area contributed by atoms with Gasteiger partial charge in [0.15, 0.2) is 0 Å². The highest BCUT2D eigenvalue weighted by Crippen LogP contribution is 2.60. The lowest BCUT2D eigenvalue weighted by Gasteiger charge is -2.58. The molecule has 4 aliphatic carbocycles. The number of nitrogens with zero attached hydrogens (tertiary/aromatic N) is 2. The van der Waals surface area contributed by atoms with E-state index in [9.17, 15) is 14.7 Å². The summed E-state index contributed by atoms with van der Waals surface area (Å²) >= 11 is 1.19. The number of H-pyrrole nitrogens is 1. The van der Waals surface area contributed by atoms with Crippen molar-refractivity contribution in [2.45, 2.75) is 57.8 Å². The van der Waals surface area contributed by atoms with E-state index in [1.807, 2.05) is 12.1 Å². The van der Waals surface area contributed by atoms with Crippen LogP contribution in [0.25, 0.3) is 10.2 Å². The lowest BCUT2D eigenvalue weighted by atomic mass is 9.49. The van der Waals surface area contributed by atoms with E-state index in [0.29, 0.717) is 23.9 Å². The molecule has 4 N–H and O–H groups in total. The Morgan fingerprint density at radius 3 is 2.24 bits per heavy atom. The zero-order valence-electron chi connectivity index (χ0n) is 24.0. The molecular formula is C33H44N4O3S. The number of fused-ring (bicyclic) bond motifs is 1. The van der Waals surface area contributed by atoms with Gasteiger partial charge in [0, 0.05) is 45.7 Å². The molecule has 2 aromatic carbocycles. The molecule has 7 rings (SSSR count). The third-order valence-electron chi connectivity index (χ3n) is 10.0. The smallest absolute Gasteiger partial charge is 0.305 e. The predicted molar refractivity (Wildman–Crippen MR) is 165 cm³/mol. The van der Waals surface area contributed by atoms with Gasteiger partial charge in [0.2, 0.25) is 5.91 Å². The summed E-state index contributed by atoms with van der Waals surface area (Å²) in [5.74, 6) is 2.62. The van der Waals surface area contributed by atoms with Gasteiger partial charge >= 0.3 is 4.87 Å². The molecule has 1 aromatic heterocycles. The zero-order valence-corrected chi connectivity index (χ0v) is 24.8. The molecule has 3 aromatic rings. The Morgan fingerprint density at radius 1 is 0.902 bits per heavy atom. The number of phenols is 1. The number of aromatic nitrogens is 1. The van der Waals surface area contributed by atoms with Crippen LogP contribution >= 0.6 is 11.3 Å². The molecule has 1 amide bonds. The highest BCUT2D eigenvalue weighted by atomic mass is 32.1. The van der Waals surface area contributed by atoms with Crippen LogP contribution in [-0.2, 0) is 17.6 Å². The van der Waals surface area contributed by atoms with Crippen molar-refractivity contribution in [3.8, 4) is 5.75 Å². The molecule has 220 valence electrons. The van der Waals surface area contributed by atoms with Crippen molar-refractivity contribution in [1.29, 1.82) is 0 Å². The minimum Gasteiger partial charge on any atom is -0.506 e. The Labute approximate surface area is 246 Å². The number of primary amides is 1. The van der Waals surface area contributed by atoms with Gasteiger partial charge in [0.25, 0.3) is 0 Å². The fourth-order valence-electron chi connectivity index (χ4n) is 8.59. The third-order valence-corrected chi connectivity index (χ3v) is 11.0. The number of amides is 1. The van der Waals surface area contributed by atoms with E-state index in [1.54, 1.807) is 6.07 Å². The number of aromatic amines is 1. The van der Waals surface area contributed by atoms with E-state index < -0.39 is 0 Å². The van der Waals surface area contributed by atoms with Gasteiger partial charge < -0.3 is 25.6 Å². The number of nitrogens with one attached hydrogen (secondary N) is 1. The maximum absolute atomic E-state index is 12.1. The maximum atomic E-state index is 12.1. The summed E-state index contributed by atoms with van der Waals surface area (Å²) in [7, 11) is 0. The summed E-state index contributed by atoms with van der Waals surface area (Å²) in [4.78, 5) is 31.5. The average Bonchev–Trinajstić information content (AvgIpc) is 3.34. The van der Waals surface area contributed by atoms with E-state index in [2.05, 4.69) is 39.0 Å². The highest BCUT2D eigenvalue weighted by Gasteiger charge is 2.51. The van der Waals surface area contributed by atoms with Crippen LogP contribution in [0.2, 0.25) is 0 Å². The largest absolute Gasteiger partial charge is 0.506 e. The van der Waals surface area contributed by atoms with Gasteiger partial charge in [0.05, 0.1) is 4.70 Å². The zero-order chi connectivity index (χ0) is 28.4. The first-order valence-electron chi connectivity index (χ1n) is 15.4. The van der Waals surface area contributed by atoms with E-state index >= 15 is 0 Å². The van der Waals surface area contributed by atoms with Gasteiger partial charge in [0.1, 0.15) is 11.3 Å². The number of hydrogen-bond acceptors (Lipinski definition) is 6. The lowest BCUT2D eigenvalue weighted by Crippen LogP contribution is -2.52. The normalized spacial score (nSPS) is 25.1. The first kappa shape index (κ1) is 28.4. The van der Waals surface area contributed by atoms with Crippen molar-refractivity contribution < 1.29 is 9.90 Å². The fraction of sp³-hybridized carbons (Fsp3) is 0.576. The predicted octanol–water partition coefficient (Wildman–Crippen LogP) is 4.78. The monoisotopic (exact) mass is 576 g/mol. The van der Waals surface area contributed by atoms with E-state index in [0.717, 1.165) is 73.6 Å². The van der Waals surface area contributed by atoms with Crippen molar-refractivity contribution in [3.05, 3.63) is 63.3 Å².